The molecule has 1 aromatic carbocycles. The number of rotatable bonds is 2. The lowest BCUT2D eigenvalue weighted by molar-refractivity contribution is 0.577. The summed E-state index contributed by atoms with van der Waals surface area (Å²) >= 11 is 3.68. The van der Waals surface area contributed by atoms with E-state index in [-0.39, 0.29) is 0 Å². The van der Waals surface area contributed by atoms with Gasteiger partial charge in [0.2, 0.25) is 0 Å². The number of aromatic nitrogens is 2. The smallest absolute Gasteiger partial charge is 0.126 e. The van der Waals surface area contributed by atoms with E-state index in [1.807, 2.05) is 0 Å². The van der Waals surface area contributed by atoms with Crippen LogP contribution in [0.25, 0.3) is 11.1 Å². The van der Waals surface area contributed by atoms with Crippen LogP contribution in [0.5, 0.6) is 0 Å². The predicted octanol–water partition coefficient (Wildman–Crippen LogP) is 3.41. The summed E-state index contributed by atoms with van der Waals surface area (Å²) in [5.74, 6) is 0.609. The quantitative estimate of drug-likeness (QED) is 0.891. The number of aromatic amines is 1. The molecule has 100 valence electrons. The van der Waals surface area contributed by atoms with Gasteiger partial charge in [0.25, 0.3) is 0 Å². The van der Waals surface area contributed by atoms with Gasteiger partial charge in [0.15, 0.2) is 0 Å². The van der Waals surface area contributed by atoms with Gasteiger partial charge >= 0.3 is 0 Å². The number of piperidine rings is 1. The third-order valence-electron chi connectivity index (χ3n) is 3.62. The zero-order valence-corrected chi connectivity index (χ0v) is 12.3. The number of anilines is 2. The average Bonchev–Trinajstić information content (AvgIpc) is 2.86. The number of benzene rings is 1. The molecule has 0 atom stereocenters. The number of hydrogen-bond acceptors (Lipinski definition) is 3. The van der Waals surface area contributed by atoms with E-state index < -0.39 is 0 Å². The van der Waals surface area contributed by atoms with Gasteiger partial charge in [-0.25, -0.2) is 0 Å². The molecule has 0 saturated carbocycles. The average molecular weight is 321 g/mol. The summed E-state index contributed by atoms with van der Waals surface area (Å²) in [5.41, 5.74) is 9.16. The van der Waals surface area contributed by atoms with Crippen molar-refractivity contribution in [2.45, 2.75) is 19.3 Å². The van der Waals surface area contributed by atoms with Gasteiger partial charge in [-0.05, 0) is 52.9 Å². The van der Waals surface area contributed by atoms with Crippen molar-refractivity contribution < 1.29 is 0 Å². The topological polar surface area (TPSA) is 57.9 Å². The summed E-state index contributed by atoms with van der Waals surface area (Å²) in [6.45, 7) is 2.29. The Morgan fingerprint density at radius 3 is 2.63 bits per heavy atom. The second kappa shape index (κ2) is 5.25. The minimum Gasteiger partial charge on any atom is -0.384 e. The third-order valence-corrected chi connectivity index (χ3v) is 4.26. The van der Waals surface area contributed by atoms with Crippen LogP contribution in [-0.4, -0.2) is 23.3 Å². The first-order valence-electron chi connectivity index (χ1n) is 6.59. The first kappa shape index (κ1) is 12.5. The zero-order valence-electron chi connectivity index (χ0n) is 10.7. The van der Waals surface area contributed by atoms with Gasteiger partial charge in [-0.2, -0.15) is 5.10 Å². The number of nitrogens with zero attached hydrogens (tertiary/aromatic N) is 2. The van der Waals surface area contributed by atoms with Crippen molar-refractivity contribution in [2.75, 3.05) is 23.7 Å². The molecule has 5 heteroatoms. The molecule has 1 aliphatic rings. The fraction of sp³-hybridized carbons (Fsp3) is 0.357. The normalized spacial score (nSPS) is 15.7. The fourth-order valence-electron chi connectivity index (χ4n) is 2.59. The summed E-state index contributed by atoms with van der Waals surface area (Å²) < 4.78 is 1.12. The second-order valence-electron chi connectivity index (χ2n) is 4.91. The van der Waals surface area contributed by atoms with Gasteiger partial charge in [-0.15, -0.1) is 0 Å². The Morgan fingerprint density at radius 2 is 2.00 bits per heavy atom. The highest BCUT2D eigenvalue weighted by Gasteiger charge is 2.14. The molecule has 0 bridgehead atoms. The predicted molar refractivity (Wildman–Crippen MR) is 82.2 cm³/mol. The van der Waals surface area contributed by atoms with Crippen molar-refractivity contribution in [1.29, 1.82) is 0 Å². The lowest BCUT2D eigenvalue weighted by atomic mass is 10.1. The molecule has 1 saturated heterocycles. The van der Waals surface area contributed by atoms with Gasteiger partial charge in [0.05, 0.1) is 11.9 Å². The Bertz CT molecular complexity index is 573. The van der Waals surface area contributed by atoms with Crippen molar-refractivity contribution in [2.24, 2.45) is 0 Å². The molecule has 19 heavy (non-hydrogen) atoms. The molecular formula is C14H17BrN4. The van der Waals surface area contributed by atoms with Crippen LogP contribution in [0.3, 0.4) is 0 Å². The molecule has 0 radical (unpaired) electrons. The van der Waals surface area contributed by atoms with E-state index in [0.29, 0.717) is 5.82 Å². The number of halogens is 1. The Morgan fingerprint density at radius 1 is 1.21 bits per heavy atom. The van der Waals surface area contributed by atoms with Crippen LogP contribution >= 0.6 is 15.9 Å². The SMILES string of the molecule is Nc1[nH]ncc1-c1ccc(N2CCCCC2)c(Br)c1. The Hall–Kier alpha value is -1.49. The van der Waals surface area contributed by atoms with Crippen LogP contribution in [0.15, 0.2) is 28.9 Å². The molecule has 0 unspecified atom stereocenters. The number of nitrogen functional groups attached to an aromatic ring is 1. The van der Waals surface area contributed by atoms with E-state index in [0.717, 1.165) is 28.7 Å². The molecule has 1 aliphatic heterocycles. The van der Waals surface area contributed by atoms with E-state index in [9.17, 15) is 0 Å². The lowest BCUT2D eigenvalue weighted by Gasteiger charge is -2.29. The second-order valence-corrected chi connectivity index (χ2v) is 5.77. The van der Waals surface area contributed by atoms with E-state index in [4.69, 9.17) is 5.73 Å². The Labute approximate surface area is 121 Å². The van der Waals surface area contributed by atoms with Crippen molar-refractivity contribution in [3.63, 3.8) is 0 Å². The maximum absolute atomic E-state index is 5.86. The molecule has 0 amide bonds. The van der Waals surface area contributed by atoms with Crippen LogP contribution in [0, 0.1) is 0 Å². The molecule has 4 nitrogen and oxygen atoms in total. The molecule has 3 N–H and O–H groups in total. The first-order valence-corrected chi connectivity index (χ1v) is 7.39. The molecule has 3 rings (SSSR count). The highest BCUT2D eigenvalue weighted by molar-refractivity contribution is 9.10. The summed E-state index contributed by atoms with van der Waals surface area (Å²) in [6.07, 6.45) is 5.67. The highest BCUT2D eigenvalue weighted by atomic mass is 79.9. The van der Waals surface area contributed by atoms with Crippen LogP contribution in [0.4, 0.5) is 11.5 Å². The summed E-state index contributed by atoms with van der Waals surface area (Å²) in [7, 11) is 0. The lowest BCUT2D eigenvalue weighted by Crippen LogP contribution is -2.29. The van der Waals surface area contributed by atoms with Crippen LogP contribution in [0.2, 0.25) is 0 Å². The monoisotopic (exact) mass is 320 g/mol. The molecule has 0 spiro atoms. The van der Waals surface area contributed by atoms with Crippen LogP contribution in [0.1, 0.15) is 19.3 Å². The molecule has 2 heterocycles. The Balaban J connectivity index is 1.91. The molecule has 0 aliphatic carbocycles. The molecule has 1 aromatic heterocycles. The number of hydrogen-bond donors (Lipinski definition) is 2. The van der Waals surface area contributed by atoms with E-state index in [2.05, 4.69) is 49.2 Å². The molecule has 1 fully saturated rings. The maximum atomic E-state index is 5.86. The van der Waals surface area contributed by atoms with Gasteiger partial charge in [-0.1, -0.05) is 6.07 Å². The van der Waals surface area contributed by atoms with Crippen LogP contribution < -0.4 is 10.6 Å². The number of H-pyrrole nitrogens is 1. The van der Waals surface area contributed by atoms with Crippen molar-refractivity contribution in [3.05, 3.63) is 28.9 Å². The molecule has 2 aromatic rings. The maximum Gasteiger partial charge on any atom is 0.126 e. The zero-order chi connectivity index (χ0) is 13.2. The van der Waals surface area contributed by atoms with E-state index in [1.165, 1.54) is 24.9 Å². The fourth-order valence-corrected chi connectivity index (χ4v) is 3.22. The van der Waals surface area contributed by atoms with Crippen molar-refractivity contribution in [3.8, 4) is 11.1 Å². The van der Waals surface area contributed by atoms with Gasteiger partial charge < -0.3 is 10.6 Å². The van der Waals surface area contributed by atoms with Gasteiger partial charge in [0, 0.05) is 23.1 Å². The van der Waals surface area contributed by atoms with Crippen molar-refractivity contribution >= 4 is 27.4 Å². The molecular weight excluding hydrogens is 304 g/mol. The van der Waals surface area contributed by atoms with Gasteiger partial charge in [0.1, 0.15) is 5.82 Å². The van der Waals surface area contributed by atoms with Crippen molar-refractivity contribution in [1.82, 2.24) is 10.2 Å². The number of nitrogens with two attached hydrogens (primary N) is 1. The van der Waals surface area contributed by atoms with E-state index >= 15 is 0 Å². The van der Waals surface area contributed by atoms with E-state index in [1.54, 1.807) is 6.20 Å². The standard InChI is InChI=1S/C14H17BrN4/c15-12-8-10(11-9-17-18-14(11)16)4-5-13(12)19-6-2-1-3-7-19/h4-5,8-9H,1-3,6-7H2,(H3,16,17,18). The summed E-state index contributed by atoms with van der Waals surface area (Å²) in [5, 5.41) is 6.73. The minimum atomic E-state index is 0.609. The third kappa shape index (κ3) is 2.47. The highest BCUT2D eigenvalue weighted by Crippen LogP contribution is 2.34. The minimum absolute atomic E-state index is 0.609. The Kier molecular flexibility index (Phi) is 3.46. The summed E-state index contributed by atoms with van der Waals surface area (Å²) in [6, 6.07) is 6.39. The summed E-state index contributed by atoms with van der Waals surface area (Å²) in [4.78, 5) is 2.44. The number of nitrogens with one attached hydrogen (secondary N) is 1. The van der Waals surface area contributed by atoms with Crippen LogP contribution in [-0.2, 0) is 0 Å². The largest absolute Gasteiger partial charge is 0.384 e. The van der Waals surface area contributed by atoms with Gasteiger partial charge in [-0.3, -0.25) is 5.10 Å². The first-order chi connectivity index (χ1) is 9.25.